The van der Waals surface area contributed by atoms with E-state index in [4.69, 9.17) is 18.9 Å². The zero-order valence-corrected chi connectivity index (χ0v) is 23.0. The van der Waals surface area contributed by atoms with Crippen molar-refractivity contribution in [1.82, 2.24) is 0 Å². The van der Waals surface area contributed by atoms with E-state index in [1.54, 1.807) is 7.11 Å². The molecule has 2 aliphatic carbocycles. The lowest BCUT2D eigenvalue weighted by molar-refractivity contribution is -0.132. The minimum atomic E-state index is -0.821. The van der Waals surface area contributed by atoms with Crippen LogP contribution in [0.5, 0.6) is 11.5 Å². The van der Waals surface area contributed by atoms with Crippen LogP contribution in [0.25, 0.3) is 5.57 Å². The minimum Gasteiger partial charge on any atom is -0.493 e. The van der Waals surface area contributed by atoms with Gasteiger partial charge in [0.15, 0.2) is 0 Å². The van der Waals surface area contributed by atoms with Crippen LogP contribution < -0.4 is 9.47 Å². The highest BCUT2D eigenvalue weighted by Gasteiger charge is 2.36. The first kappa shape index (κ1) is 27.0. The summed E-state index contributed by atoms with van der Waals surface area (Å²) in [6.45, 7) is 4.84. The van der Waals surface area contributed by atoms with Crippen molar-refractivity contribution in [2.45, 2.75) is 83.7 Å². The van der Waals surface area contributed by atoms with Gasteiger partial charge in [-0.2, -0.15) is 0 Å². The van der Waals surface area contributed by atoms with Crippen LogP contribution in [0, 0.1) is 5.92 Å². The normalized spacial score (nSPS) is 22.3. The van der Waals surface area contributed by atoms with Crippen LogP contribution >= 0.6 is 0 Å². The van der Waals surface area contributed by atoms with Gasteiger partial charge in [0.1, 0.15) is 17.6 Å². The summed E-state index contributed by atoms with van der Waals surface area (Å²) in [7, 11) is 1.71. The highest BCUT2D eigenvalue weighted by Crippen LogP contribution is 2.47. The molecule has 2 heterocycles. The molecule has 1 unspecified atom stereocenters. The summed E-state index contributed by atoms with van der Waals surface area (Å²) >= 11 is 0. The average molecular weight is 523 g/mol. The Labute approximate surface area is 226 Å². The number of methoxy groups -OCH3 is 1. The number of fused-ring (bicyclic) bond motifs is 2. The molecule has 0 radical (unpaired) electrons. The van der Waals surface area contributed by atoms with Crippen molar-refractivity contribution in [3.8, 4) is 11.5 Å². The van der Waals surface area contributed by atoms with Crippen LogP contribution in [-0.4, -0.2) is 50.7 Å². The molecule has 1 atom stereocenters. The van der Waals surface area contributed by atoms with E-state index in [2.05, 4.69) is 19.1 Å². The first-order valence-electron chi connectivity index (χ1n) is 14.5. The lowest BCUT2D eigenvalue weighted by Crippen LogP contribution is -2.36. The molecule has 6 nitrogen and oxygen atoms in total. The third kappa shape index (κ3) is 5.72. The van der Waals surface area contributed by atoms with Crippen molar-refractivity contribution < 1.29 is 28.8 Å². The Morgan fingerprint density at radius 1 is 1.03 bits per heavy atom. The van der Waals surface area contributed by atoms with Crippen LogP contribution in [-0.2, 0) is 20.7 Å². The Hall–Kier alpha value is -2.57. The molecule has 5 rings (SSSR count). The SMILES string of the molecule is CCc1cc2c(cc1OCCCOC)OC(C1CCOCC1)C1=C2CCCCC(=C2CCC2)C(C(=O)O)=C1. The van der Waals surface area contributed by atoms with Crippen LogP contribution in [0.15, 0.2) is 40.5 Å². The lowest BCUT2D eigenvalue weighted by atomic mass is 9.80. The molecule has 1 saturated carbocycles. The summed E-state index contributed by atoms with van der Waals surface area (Å²) in [5.74, 6) is 1.20. The Morgan fingerprint density at radius 2 is 1.79 bits per heavy atom. The van der Waals surface area contributed by atoms with Crippen LogP contribution in [0.3, 0.4) is 0 Å². The summed E-state index contributed by atoms with van der Waals surface area (Å²) in [5.41, 5.74) is 7.46. The molecule has 0 spiro atoms. The first-order valence-corrected chi connectivity index (χ1v) is 14.5. The van der Waals surface area contributed by atoms with Crippen molar-refractivity contribution in [3.05, 3.63) is 51.6 Å². The van der Waals surface area contributed by atoms with E-state index in [9.17, 15) is 9.90 Å². The number of rotatable bonds is 8. The van der Waals surface area contributed by atoms with Gasteiger partial charge in [-0.3, -0.25) is 0 Å². The number of aliphatic carboxylic acids is 1. The van der Waals surface area contributed by atoms with Gasteiger partial charge in [0.25, 0.3) is 0 Å². The number of allylic oxidation sites excluding steroid dienone is 2. The number of benzene rings is 1. The van der Waals surface area contributed by atoms with Gasteiger partial charge >= 0.3 is 5.97 Å². The monoisotopic (exact) mass is 522 g/mol. The molecule has 2 aliphatic heterocycles. The van der Waals surface area contributed by atoms with E-state index in [-0.39, 0.29) is 12.0 Å². The van der Waals surface area contributed by atoms with Gasteiger partial charge in [-0.25, -0.2) is 4.79 Å². The summed E-state index contributed by atoms with van der Waals surface area (Å²) in [5, 5.41) is 10.4. The fraction of sp³-hybridized carbons (Fsp3) is 0.594. The lowest BCUT2D eigenvalue weighted by Gasteiger charge is -2.37. The maximum Gasteiger partial charge on any atom is 0.335 e. The van der Waals surface area contributed by atoms with Crippen molar-refractivity contribution >= 4 is 11.5 Å². The Bertz CT molecular complexity index is 1120. The van der Waals surface area contributed by atoms with Gasteiger partial charge in [-0.15, -0.1) is 0 Å². The summed E-state index contributed by atoms with van der Waals surface area (Å²) < 4.78 is 23.9. The fourth-order valence-corrected chi connectivity index (χ4v) is 6.27. The molecule has 1 N–H and O–H groups in total. The Balaban J connectivity index is 1.63. The standard InChI is InChI=1S/C32H42O6/c1-3-21-18-26-25-11-5-4-10-24(22-8-6-9-22)28(32(33)34)19-27(25)31(23-12-16-36-17-13-23)38-30(26)20-29(21)37-15-7-14-35-2/h18-20,23,31H,3-17H2,1-2H3,(H,33,34). The molecular formula is C32H42O6. The number of hydrogen-bond acceptors (Lipinski definition) is 5. The molecule has 4 aliphatic rings. The number of hydrogen-bond donors (Lipinski definition) is 1. The van der Waals surface area contributed by atoms with E-state index in [0.29, 0.717) is 32.0 Å². The van der Waals surface area contributed by atoms with Crippen molar-refractivity contribution in [2.75, 3.05) is 33.5 Å². The number of carboxylic acids is 1. The highest BCUT2D eigenvalue weighted by atomic mass is 16.5. The maximum absolute atomic E-state index is 12.7. The van der Waals surface area contributed by atoms with Gasteiger partial charge in [-0.05, 0) is 98.6 Å². The van der Waals surface area contributed by atoms with Crippen LogP contribution in [0.2, 0.25) is 0 Å². The van der Waals surface area contributed by atoms with Crippen molar-refractivity contribution in [1.29, 1.82) is 0 Å². The molecular weight excluding hydrogens is 480 g/mol. The summed E-state index contributed by atoms with van der Waals surface area (Å²) in [6.07, 6.45) is 12.3. The molecule has 206 valence electrons. The fourth-order valence-electron chi connectivity index (χ4n) is 6.27. The number of carbonyl (C=O) groups is 1. The summed E-state index contributed by atoms with van der Waals surface area (Å²) in [6, 6.07) is 4.31. The number of aryl methyl sites for hydroxylation is 1. The minimum absolute atomic E-state index is 0.185. The van der Waals surface area contributed by atoms with Gasteiger partial charge < -0.3 is 24.1 Å². The number of carboxylic acid groups (broad SMARTS) is 1. The van der Waals surface area contributed by atoms with Gasteiger partial charge in [0.05, 0.1) is 12.2 Å². The second-order valence-corrected chi connectivity index (χ2v) is 10.9. The second-order valence-electron chi connectivity index (χ2n) is 10.9. The molecule has 1 aromatic carbocycles. The average Bonchev–Trinajstić information content (AvgIpc) is 2.99. The molecule has 6 heteroatoms. The predicted molar refractivity (Wildman–Crippen MR) is 148 cm³/mol. The van der Waals surface area contributed by atoms with E-state index in [1.807, 2.05) is 6.08 Å². The Morgan fingerprint density at radius 3 is 2.45 bits per heavy atom. The highest BCUT2D eigenvalue weighted by molar-refractivity contribution is 5.94. The zero-order chi connectivity index (χ0) is 26.5. The van der Waals surface area contributed by atoms with E-state index < -0.39 is 5.97 Å². The third-order valence-electron chi connectivity index (χ3n) is 8.56. The van der Waals surface area contributed by atoms with Crippen molar-refractivity contribution in [2.24, 2.45) is 5.92 Å². The molecule has 0 bridgehead atoms. The topological polar surface area (TPSA) is 74.2 Å². The Kier molecular flexibility index (Phi) is 8.90. The molecule has 2 fully saturated rings. The summed E-state index contributed by atoms with van der Waals surface area (Å²) in [4.78, 5) is 12.7. The molecule has 0 amide bonds. The van der Waals surface area contributed by atoms with Crippen LogP contribution in [0.4, 0.5) is 0 Å². The van der Waals surface area contributed by atoms with E-state index in [0.717, 1.165) is 104 Å². The third-order valence-corrected chi connectivity index (χ3v) is 8.56. The van der Waals surface area contributed by atoms with E-state index >= 15 is 0 Å². The predicted octanol–water partition coefficient (Wildman–Crippen LogP) is 6.67. The zero-order valence-electron chi connectivity index (χ0n) is 23.0. The smallest absolute Gasteiger partial charge is 0.335 e. The van der Waals surface area contributed by atoms with Crippen LogP contribution in [0.1, 0.15) is 82.3 Å². The quantitative estimate of drug-likeness (QED) is 0.384. The molecule has 0 aromatic heterocycles. The van der Waals surface area contributed by atoms with Gasteiger partial charge in [-0.1, -0.05) is 12.5 Å². The molecule has 1 saturated heterocycles. The van der Waals surface area contributed by atoms with Crippen molar-refractivity contribution in [3.63, 3.8) is 0 Å². The maximum atomic E-state index is 12.7. The first-order chi connectivity index (χ1) is 18.6. The van der Waals surface area contributed by atoms with E-state index in [1.165, 1.54) is 11.1 Å². The second kappa shape index (κ2) is 12.5. The number of ether oxygens (including phenoxy) is 4. The van der Waals surface area contributed by atoms with Gasteiger partial charge in [0, 0.05) is 50.9 Å². The van der Waals surface area contributed by atoms with Gasteiger partial charge in [0.2, 0.25) is 0 Å². The molecule has 1 aromatic rings. The largest absolute Gasteiger partial charge is 0.493 e. The molecule has 38 heavy (non-hydrogen) atoms.